The van der Waals surface area contributed by atoms with Crippen LogP contribution in [0.4, 0.5) is 4.39 Å². The quantitative estimate of drug-likeness (QED) is 0.862. The average Bonchev–Trinajstić information content (AvgIpc) is 2.68. The summed E-state index contributed by atoms with van der Waals surface area (Å²) in [7, 11) is 1.60. The molecule has 0 aromatic heterocycles. The number of nitrogens with one attached hydrogen (secondary N) is 1. The van der Waals surface area contributed by atoms with Crippen LogP contribution in [0.15, 0.2) is 42.5 Å². The second kappa shape index (κ2) is 8.78. The Bertz CT molecular complexity index is 743. The van der Waals surface area contributed by atoms with Gasteiger partial charge in [-0.05, 0) is 35.4 Å². The molecule has 1 N–H and O–H groups in total. The van der Waals surface area contributed by atoms with E-state index in [4.69, 9.17) is 9.47 Å². The molecule has 2 aromatic carbocycles. The van der Waals surface area contributed by atoms with Crippen molar-refractivity contribution >= 4 is 5.91 Å². The molecule has 0 unspecified atom stereocenters. The maximum absolute atomic E-state index is 14.4. The van der Waals surface area contributed by atoms with E-state index in [0.717, 1.165) is 49.7 Å². The molecule has 1 amide bonds. The number of hydrogen-bond donors (Lipinski definition) is 1. The van der Waals surface area contributed by atoms with Gasteiger partial charge in [-0.25, -0.2) is 4.39 Å². The number of halogens is 1. The van der Waals surface area contributed by atoms with Gasteiger partial charge in [0.1, 0.15) is 11.6 Å². The van der Waals surface area contributed by atoms with Crippen molar-refractivity contribution in [3.8, 4) is 16.9 Å². The highest BCUT2D eigenvalue weighted by atomic mass is 19.1. The fraction of sp³-hybridized carbons (Fsp3) is 0.350. The van der Waals surface area contributed by atoms with E-state index in [1.807, 2.05) is 24.3 Å². The number of carbonyl (C=O) groups is 1. The van der Waals surface area contributed by atoms with E-state index in [0.29, 0.717) is 6.54 Å². The lowest BCUT2D eigenvalue weighted by Crippen LogP contribution is -2.41. The van der Waals surface area contributed by atoms with E-state index in [-0.39, 0.29) is 5.56 Å². The molecule has 26 heavy (non-hydrogen) atoms. The van der Waals surface area contributed by atoms with Crippen LogP contribution in [0, 0.1) is 5.82 Å². The standard InChI is InChI=1S/C20H23FN2O3/c1-25-17-5-2-15(3-6-17)16-4-7-18(19(21)14-16)20(24)22-8-9-23-10-12-26-13-11-23/h2-7,14H,8-13H2,1H3,(H,22,24). The SMILES string of the molecule is COc1ccc(-c2ccc(C(=O)NCCN3CCOCC3)c(F)c2)cc1. The van der Waals surface area contributed by atoms with Crippen LogP contribution in [-0.4, -0.2) is 57.3 Å². The van der Waals surface area contributed by atoms with Crippen molar-refractivity contribution in [2.75, 3.05) is 46.5 Å². The first-order valence-electron chi connectivity index (χ1n) is 8.69. The van der Waals surface area contributed by atoms with E-state index in [9.17, 15) is 9.18 Å². The van der Waals surface area contributed by atoms with E-state index >= 15 is 0 Å². The third-order valence-corrected chi connectivity index (χ3v) is 4.45. The topological polar surface area (TPSA) is 50.8 Å². The second-order valence-corrected chi connectivity index (χ2v) is 6.13. The van der Waals surface area contributed by atoms with Crippen molar-refractivity contribution in [2.24, 2.45) is 0 Å². The predicted octanol–water partition coefficient (Wildman–Crippen LogP) is 2.56. The average molecular weight is 358 g/mol. The zero-order valence-electron chi connectivity index (χ0n) is 14.8. The monoisotopic (exact) mass is 358 g/mol. The number of morpholine rings is 1. The first kappa shape index (κ1) is 18.4. The number of ether oxygens (including phenoxy) is 2. The summed E-state index contributed by atoms with van der Waals surface area (Å²) in [6.07, 6.45) is 0. The van der Waals surface area contributed by atoms with Gasteiger partial charge in [-0.2, -0.15) is 0 Å². The van der Waals surface area contributed by atoms with Crippen LogP contribution in [0.2, 0.25) is 0 Å². The number of carbonyl (C=O) groups excluding carboxylic acids is 1. The van der Waals surface area contributed by atoms with E-state index in [2.05, 4.69) is 10.2 Å². The lowest BCUT2D eigenvalue weighted by molar-refractivity contribution is 0.0383. The van der Waals surface area contributed by atoms with Gasteiger partial charge in [0.05, 0.1) is 25.9 Å². The third-order valence-electron chi connectivity index (χ3n) is 4.45. The van der Waals surface area contributed by atoms with Crippen LogP contribution < -0.4 is 10.1 Å². The molecule has 1 heterocycles. The Morgan fingerprint density at radius 1 is 1.15 bits per heavy atom. The minimum absolute atomic E-state index is 0.0595. The maximum atomic E-state index is 14.4. The summed E-state index contributed by atoms with van der Waals surface area (Å²) in [4.78, 5) is 14.4. The minimum Gasteiger partial charge on any atom is -0.497 e. The predicted molar refractivity (Wildman–Crippen MR) is 98.0 cm³/mol. The molecular formula is C20H23FN2O3. The highest BCUT2D eigenvalue weighted by molar-refractivity contribution is 5.95. The van der Waals surface area contributed by atoms with Gasteiger partial charge >= 0.3 is 0 Å². The first-order chi connectivity index (χ1) is 12.7. The van der Waals surface area contributed by atoms with Crippen molar-refractivity contribution in [1.29, 1.82) is 0 Å². The molecule has 2 aromatic rings. The van der Waals surface area contributed by atoms with Crippen LogP contribution in [0.5, 0.6) is 5.75 Å². The third kappa shape index (κ3) is 4.59. The van der Waals surface area contributed by atoms with E-state index < -0.39 is 11.7 Å². The van der Waals surface area contributed by atoms with Gasteiger partial charge in [0.25, 0.3) is 5.91 Å². The normalized spacial score (nSPS) is 14.8. The zero-order chi connectivity index (χ0) is 18.4. The second-order valence-electron chi connectivity index (χ2n) is 6.13. The molecule has 1 aliphatic rings. The number of benzene rings is 2. The first-order valence-corrected chi connectivity index (χ1v) is 8.69. The minimum atomic E-state index is -0.526. The van der Waals surface area contributed by atoms with Crippen LogP contribution in [-0.2, 0) is 4.74 Å². The van der Waals surface area contributed by atoms with Gasteiger partial charge < -0.3 is 14.8 Å². The van der Waals surface area contributed by atoms with Crippen molar-refractivity contribution in [2.45, 2.75) is 0 Å². The summed E-state index contributed by atoms with van der Waals surface area (Å²) in [5.41, 5.74) is 1.64. The Kier molecular flexibility index (Phi) is 6.20. The fourth-order valence-electron chi connectivity index (χ4n) is 2.91. The molecule has 6 heteroatoms. The highest BCUT2D eigenvalue weighted by Crippen LogP contribution is 2.24. The molecule has 1 aliphatic heterocycles. The summed E-state index contributed by atoms with van der Waals surface area (Å²) in [5.74, 6) is -0.176. The van der Waals surface area contributed by atoms with Gasteiger partial charge in [-0.15, -0.1) is 0 Å². The molecule has 0 saturated carbocycles. The van der Waals surface area contributed by atoms with Crippen molar-refractivity contribution < 1.29 is 18.7 Å². The van der Waals surface area contributed by atoms with Crippen molar-refractivity contribution in [1.82, 2.24) is 10.2 Å². The van der Waals surface area contributed by atoms with E-state index in [1.165, 1.54) is 12.1 Å². The Morgan fingerprint density at radius 2 is 1.85 bits per heavy atom. The van der Waals surface area contributed by atoms with Gasteiger partial charge in [-0.1, -0.05) is 18.2 Å². The summed E-state index contributed by atoms with van der Waals surface area (Å²) >= 11 is 0. The Morgan fingerprint density at radius 3 is 2.50 bits per heavy atom. The van der Waals surface area contributed by atoms with Crippen LogP contribution in [0.3, 0.4) is 0 Å². The molecular weight excluding hydrogens is 335 g/mol. The molecule has 0 atom stereocenters. The maximum Gasteiger partial charge on any atom is 0.254 e. The molecule has 1 fully saturated rings. The van der Waals surface area contributed by atoms with Gasteiger partial charge in [-0.3, -0.25) is 9.69 Å². The Labute approximate surface area is 152 Å². The lowest BCUT2D eigenvalue weighted by Gasteiger charge is -2.26. The van der Waals surface area contributed by atoms with Gasteiger partial charge in [0.15, 0.2) is 0 Å². The molecule has 0 spiro atoms. The van der Waals surface area contributed by atoms with Crippen LogP contribution in [0.25, 0.3) is 11.1 Å². The smallest absolute Gasteiger partial charge is 0.254 e. The Hall–Kier alpha value is -2.44. The number of rotatable bonds is 6. The lowest BCUT2D eigenvalue weighted by atomic mass is 10.0. The van der Waals surface area contributed by atoms with Crippen LogP contribution >= 0.6 is 0 Å². The molecule has 138 valence electrons. The number of hydrogen-bond acceptors (Lipinski definition) is 4. The van der Waals surface area contributed by atoms with E-state index in [1.54, 1.807) is 13.2 Å². The van der Waals surface area contributed by atoms with Gasteiger partial charge in [0.2, 0.25) is 0 Å². The highest BCUT2D eigenvalue weighted by Gasteiger charge is 2.14. The molecule has 0 bridgehead atoms. The Balaban J connectivity index is 1.59. The van der Waals surface area contributed by atoms with Gasteiger partial charge in [0, 0.05) is 26.2 Å². The molecule has 1 saturated heterocycles. The summed E-state index contributed by atoms with van der Waals surface area (Å²) in [6, 6.07) is 12.0. The summed E-state index contributed by atoms with van der Waals surface area (Å²) < 4.78 is 24.8. The number of nitrogens with zero attached hydrogens (tertiary/aromatic N) is 1. The van der Waals surface area contributed by atoms with Crippen molar-refractivity contribution in [3.63, 3.8) is 0 Å². The molecule has 3 rings (SSSR count). The zero-order valence-corrected chi connectivity index (χ0v) is 14.8. The number of amides is 1. The molecule has 0 radical (unpaired) electrons. The molecule has 0 aliphatic carbocycles. The largest absolute Gasteiger partial charge is 0.497 e. The molecule has 5 nitrogen and oxygen atoms in total. The number of methoxy groups -OCH3 is 1. The summed E-state index contributed by atoms with van der Waals surface area (Å²) in [6.45, 7) is 4.38. The van der Waals surface area contributed by atoms with Crippen molar-refractivity contribution in [3.05, 3.63) is 53.8 Å². The fourth-order valence-corrected chi connectivity index (χ4v) is 2.91. The summed E-state index contributed by atoms with van der Waals surface area (Å²) in [5, 5.41) is 2.78. The van der Waals surface area contributed by atoms with Crippen LogP contribution in [0.1, 0.15) is 10.4 Å².